The fraction of sp³-hybridized carbons (Fsp3) is 0.533. The molecule has 0 spiro atoms. The molecule has 5 heteroatoms. The minimum atomic E-state index is -0.256. The number of halogens is 2. The number of fused-ring (bicyclic) bond motifs is 1. The van der Waals surface area contributed by atoms with Crippen LogP contribution in [0.4, 0.5) is 4.39 Å². The summed E-state index contributed by atoms with van der Waals surface area (Å²) in [4.78, 5) is 14.2. The molecule has 2 heterocycles. The maximum Gasteiger partial charge on any atom is 0.226 e. The van der Waals surface area contributed by atoms with E-state index >= 15 is 0 Å². The van der Waals surface area contributed by atoms with E-state index in [9.17, 15) is 9.18 Å². The van der Waals surface area contributed by atoms with Crippen LogP contribution >= 0.6 is 12.4 Å². The van der Waals surface area contributed by atoms with Gasteiger partial charge in [0.05, 0.1) is 6.42 Å². The minimum absolute atomic E-state index is 0. The van der Waals surface area contributed by atoms with Crippen LogP contribution in [-0.4, -0.2) is 37.0 Å². The van der Waals surface area contributed by atoms with Crippen LogP contribution in [0.2, 0.25) is 0 Å². The first-order valence-corrected chi connectivity index (χ1v) is 6.95. The molecule has 1 aromatic rings. The average molecular weight is 299 g/mol. The topological polar surface area (TPSA) is 32.3 Å². The van der Waals surface area contributed by atoms with Gasteiger partial charge < -0.3 is 10.2 Å². The van der Waals surface area contributed by atoms with Gasteiger partial charge >= 0.3 is 0 Å². The molecule has 0 saturated carbocycles. The lowest BCUT2D eigenvalue weighted by molar-refractivity contribution is -0.132. The molecule has 0 aromatic heterocycles. The zero-order chi connectivity index (χ0) is 13.2. The van der Waals surface area contributed by atoms with E-state index in [1.54, 1.807) is 12.1 Å². The molecule has 2 atom stereocenters. The van der Waals surface area contributed by atoms with Gasteiger partial charge in [0.2, 0.25) is 5.91 Å². The number of nitrogens with zero attached hydrogens (tertiary/aromatic N) is 1. The molecular formula is C15H20ClFN2O. The molecule has 20 heavy (non-hydrogen) atoms. The maximum atomic E-state index is 12.8. The van der Waals surface area contributed by atoms with E-state index in [2.05, 4.69) is 5.32 Å². The lowest BCUT2D eigenvalue weighted by Crippen LogP contribution is -2.44. The van der Waals surface area contributed by atoms with E-state index in [4.69, 9.17) is 0 Å². The Morgan fingerprint density at radius 2 is 1.95 bits per heavy atom. The number of rotatable bonds is 2. The van der Waals surface area contributed by atoms with Crippen molar-refractivity contribution in [3.8, 4) is 0 Å². The molecule has 3 nitrogen and oxygen atoms in total. The minimum Gasteiger partial charge on any atom is -0.342 e. The summed E-state index contributed by atoms with van der Waals surface area (Å²) in [6, 6.07) is 6.21. The van der Waals surface area contributed by atoms with Gasteiger partial charge in [-0.3, -0.25) is 4.79 Å². The van der Waals surface area contributed by atoms with Crippen molar-refractivity contribution in [1.82, 2.24) is 10.2 Å². The summed E-state index contributed by atoms with van der Waals surface area (Å²) < 4.78 is 12.8. The van der Waals surface area contributed by atoms with Crippen LogP contribution in [-0.2, 0) is 11.2 Å². The van der Waals surface area contributed by atoms with Crippen molar-refractivity contribution in [2.75, 3.05) is 26.2 Å². The van der Waals surface area contributed by atoms with Crippen molar-refractivity contribution in [3.63, 3.8) is 0 Å². The molecule has 0 bridgehead atoms. The SMILES string of the molecule is Cl.O=C(Cc1ccc(F)cc1)N1CCC2CNCC2C1. The first kappa shape index (κ1) is 15.3. The Kier molecular flexibility index (Phi) is 5.00. The third-order valence-corrected chi connectivity index (χ3v) is 4.33. The summed E-state index contributed by atoms with van der Waals surface area (Å²) in [5.74, 6) is 1.27. The first-order valence-electron chi connectivity index (χ1n) is 6.95. The Labute approximate surface area is 124 Å². The van der Waals surface area contributed by atoms with E-state index in [-0.39, 0.29) is 24.1 Å². The fourth-order valence-electron chi connectivity index (χ4n) is 3.15. The van der Waals surface area contributed by atoms with Gasteiger partial charge in [-0.1, -0.05) is 12.1 Å². The van der Waals surface area contributed by atoms with Crippen LogP contribution < -0.4 is 5.32 Å². The highest BCUT2D eigenvalue weighted by atomic mass is 35.5. The highest BCUT2D eigenvalue weighted by Crippen LogP contribution is 2.26. The van der Waals surface area contributed by atoms with Gasteiger partial charge in [0.15, 0.2) is 0 Å². The Balaban J connectivity index is 0.00000147. The quantitative estimate of drug-likeness (QED) is 0.904. The molecule has 3 rings (SSSR count). The third-order valence-electron chi connectivity index (χ3n) is 4.33. The second kappa shape index (κ2) is 6.55. The summed E-state index contributed by atoms with van der Waals surface area (Å²) in [6.45, 7) is 3.87. The second-order valence-electron chi connectivity index (χ2n) is 5.61. The maximum absolute atomic E-state index is 12.8. The van der Waals surface area contributed by atoms with E-state index in [0.29, 0.717) is 12.3 Å². The highest BCUT2D eigenvalue weighted by Gasteiger charge is 2.34. The van der Waals surface area contributed by atoms with E-state index < -0.39 is 0 Å². The number of hydrogen-bond donors (Lipinski definition) is 1. The molecule has 2 fully saturated rings. The number of nitrogens with one attached hydrogen (secondary N) is 1. The Hall–Kier alpha value is -1.13. The van der Waals surface area contributed by atoms with Crippen LogP contribution in [0.15, 0.2) is 24.3 Å². The summed E-state index contributed by atoms with van der Waals surface area (Å²) in [7, 11) is 0. The Bertz CT molecular complexity index is 465. The number of hydrogen-bond acceptors (Lipinski definition) is 2. The lowest BCUT2D eigenvalue weighted by Gasteiger charge is -2.34. The number of piperidine rings is 1. The van der Waals surface area contributed by atoms with Crippen LogP contribution in [0.25, 0.3) is 0 Å². The van der Waals surface area contributed by atoms with E-state index in [0.717, 1.165) is 44.1 Å². The van der Waals surface area contributed by atoms with Crippen molar-refractivity contribution >= 4 is 18.3 Å². The molecule has 2 aliphatic heterocycles. The lowest BCUT2D eigenvalue weighted by atomic mass is 9.88. The Morgan fingerprint density at radius 3 is 2.70 bits per heavy atom. The summed E-state index contributed by atoms with van der Waals surface area (Å²) in [6.07, 6.45) is 1.48. The second-order valence-corrected chi connectivity index (χ2v) is 5.61. The van der Waals surface area contributed by atoms with Gasteiger partial charge in [0.1, 0.15) is 5.82 Å². The van der Waals surface area contributed by atoms with Gasteiger partial charge in [0.25, 0.3) is 0 Å². The molecule has 1 amide bonds. The first-order chi connectivity index (χ1) is 9.22. The van der Waals surface area contributed by atoms with Gasteiger partial charge in [-0.2, -0.15) is 0 Å². The number of carbonyl (C=O) groups excluding carboxylic acids is 1. The van der Waals surface area contributed by atoms with Gasteiger partial charge in [0, 0.05) is 13.1 Å². The number of amides is 1. The van der Waals surface area contributed by atoms with Crippen LogP contribution in [0.3, 0.4) is 0 Å². The van der Waals surface area contributed by atoms with Crippen molar-refractivity contribution in [2.45, 2.75) is 12.8 Å². The van der Waals surface area contributed by atoms with E-state index in [1.807, 2.05) is 4.90 Å². The molecule has 0 radical (unpaired) electrons. The number of benzene rings is 1. The molecule has 0 aliphatic carbocycles. The van der Waals surface area contributed by atoms with Crippen molar-refractivity contribution in [1.29, 1.82) is 0 Å². The zero-order valence-electron chi connectivity index (χ0n) is 11.3. The van der Waals surface area contributed by atoms with Crippen LogP contribution in [0.5, 0.6) is 0 Å². The Morgan fingerprint density at radius 1 is 1.25 bits per heavy atom. The molecule has 2 aliphatic rings. The monoisotopic (exact) mass is 298 g/mol. The largest absolute Gasteiger partial charge is 0.342 e. The highest BCUT2D eigenvalue weighted by molar-refractivity contribution is 5.85. The summed E-state index contributed by atoms with van der Waals surface area (Å²) in [5.41, 5.74) is 0.887. The van der Waals surface area contributed by atoms with E-state index in [1.165, 1.54) is 12.1 Å². The molecule has 110 valence electrons. The molecule has 1 aromatic carbocycles. The third kappa shape index (κ3) is 3.30. The standard InChI is InChI=1S/C15H19FN2O.ClH/c16-14-3-1-11(2-4-14)7-15(19)18-6-5-12-8-17-9-13(12)10-18;/h1-4,12-13,17H,5-10H2;1H. The smallest absolute Gasteiger partial charge is 0.226 e. The zero-order valence-corrected chi connectivity index (χ0v) is 12.2. The van der Waals surface area contributed by atoms with Crippen molar-refractivity contribution in [2.24, 2.45) is 11.8 Å². The predicted octanol–water partition coefficient (Wildman–Crippen LogP) is 1.86. The summed E-state index contributed by atoms with van der Waals surface area (Å²) >= 11 is 0. The predicted molar refractivity (Wildman–Crippen MR) is 78.4 cm³/mol. The fourth-order valence-corrected chi connectivity index (χ4v) is 3.15. The number of likely N-dealkylation sites (tertiary alicyclic amines) is 1. The molecule has 2 unspecified atom stereocenters. The molecule has 1 N–H and O–H groups in total. The average Bonchev–Trinajstić information content (AvgIpc) is 2.88. The van der Waals surface area contributed by atoms with Gasteiger partial charge in [-0.05, 0) is 49.0 Å². The normalized spacial score (nSPS) is 24.9. The molecule has 2 saturated heterocycles. The van der Waals surface area contributed by atoms with Crippen molar-refractivity contribution < 1.29 is 9.18 Å². The van der Waals surface area contributed by atoms with Crippen molar-refractivity contribution in [3.05, 3.63) is 35.6 Å². The molecular weight excluding hydrogens is 279 g/mol. The summed E-state index contributed by atoms with van der Waals surface area (Å²) in [5, 5.41) is 3.40. The van der Waals surface area contributed by atoms with Crippen LogP contribution in [0, 0.1) is 17.7 Å². The van der Waals surface area contributed by atoms with Gasteiger partial charge in [-0.15, -0.1) is 12.4 Å². The number of carbonyl (C=O) groups is 1. The van der Waals surface area contributed by atoms with Crippen LogP contribution in [0.1, 0.15) is 12.0 Å². The van der Waals surface area contributed by atoms with Gasteiger partial charge in [-0.25, -0.2) is 4.39 Å².